The van der Waals surface area contributed by atoms with Gasteiger partial charge in [-0.1, -0.05) is 43.7 Å². The summed E-state index contributed by atoms with van der Waals surface area (Å²) in [7, 11) is -3.72. The third-order valence-electron chi connectivity index (χ3n) is 2.74. The highest BCUT2D eigenvalue weighted by molar-refractivity contribution is 7.87. The van der Waals surface area contributed by atoms with Gasteiger partial charge in [-0.2, -0.15) is 12.7 Å². The molecular formula is C13H20N2O3S. The Morgan fingerprint density at radius 1 is 1.26 bits per heavy atom. The van der Waals surface area contributed by atoms with Crippen LogP contribution < -0.4 is 4.72 Å². The van der Waals surface area contributed by atoms with Gasteiger partial charge in [-0.15, -0.1) is 0 Å². The molecular weight excluding hydrogens is 264 g/mol. The first-order valence-electron chi connectivity index (χ1n) is 6.25. The smallest absolute Gasteiger partial charge is 0.274 e. The monoisotopic (exact) mass is 284 g/mol. The SMILES string of the molecule is CCN(CC)S(=O)(=O)NC(=O)Cc1cccc(C)c1. The summed E-state index contributed by atoms with van der Waals surface area (Å²) in [5.74, 6) is -0.516. The van der Waals surface area contributed by atoms with Crippen molar-refractivity contribution in [1.29, 1.82) is 0 Å². The summed E-state index contributed by atoms with van der Waals surface area (Å²) >= 11 is 0. The van der Waals surface area contributed by atoms with Crippen LogP contribution in [0, 0.1) is 6.92 Å². The van der Waals surface area contributed by atoms with Gasteiger partial charge in [0, 0.05) is 13.1 Å². The molecule has 0 aliphatic heterocycles. The van der Waals surface area contributed by atoms with Gasteiger partial charge in [0.15, 0.2) is 0 Å². The molecule has 0 saturated carbocycles. The molecule has 0 fully saturated rings. The van der Waals surface area contributed by atoms with Crippen molar-refractivity contribution in [3.05, 3.63) is 35.4 Å². The molecule has 0 heterocycles. The quantitative estimate of drug-likeness (QED) is 0.854. The van der Waals surface area contributed by atoms with Crippen molar-refractivity contribution in [2.75, 3.05) is 13.1 Å². The van der Waals surface area contributed by atoms with Crippen LogP contribution in [0.3, 0.4) is 0 Å². The highest BCUT2D eigenvalue weighted by atomic mass is 32.2. The molecule has 0 atom stereocenters. The summed E-state index contributed by atoms with van der Waals surface area (Å²) in [6, 6.07) is 7.44. The lowest BCUT2D eigenvalue weighted by Gasteiger charge is -2.18. The molecule has 1 aromatic rings. The van der Waals surface area contributed by atoms with E-state index in [-0.39, 0.29) is 6.42 Å². The third-order valence-corrected chi connectivity index (χ3v) is 4.42. The van der Waals surface area contributed by atoms with E-state index in [9.17, 15) is 13.2 Å². The maximum Gasteiger partial charge on any atom is 0.303 e. The van der Waals surface area contributed by atoms with E-state index in [1.54, 1.807) is 19.9 Å². The number of benzene rings is 1. The molecule has 0 bridgehead atoms. The van der Waals surface area contributed by atoms with Gasteiger partial charge in [0.1, 0.15) is 0 Å². The van der Waals surface area contributed by atoms with Crippen molar-refractivity contribution in [2.45, 2.75) is 27.2 Å². The summed E-state index contributed by atoms with van der Waals surface area (Å²) in [5.41, 5.74) is 1.84. The minimum atomic E-state index is -3.72. The van der Waals surface area contributed by atoms with Crippen molar-refractivity contribution < 1.29 is 13.2 Å². The van der Waals surface area contributed by atoms with Crippen LogP contribution in [0.4, 0.5) is 0 Å². The fourth-order valence-electron chi connectivity index (χ4n) is 1.82. The number of nitrogens with one attached hydrogen (secondary N) is 1. The minimum absolute atomic E-state index is 0.0577. The van der Waals surface area contributed by atoms with Crippen LogP contribution in [-0.4, -0.2) is 31.7 Å². The number of amides is 1. The molecule has 0 aliphatic rings. The van der Waals surface area contributed by atoms with Gasteiger partial charge in [-0.05, 0) is 12.5 Å². The summed E-state index contributed by atoms with van der Waals surface area (Å²) in [6.07, 6.45) is 0.0577. The molecule has 19 heavy (non-hydrogen) atoms. The van der Waals surface area contributed by atoms with Gasteiger partial charge >= 0.3 is 10.2 Å². The summed E-state index contributed by atoms with van der Waals surface area (Å²) < 4.78 is 27.0. The van der Waals surface area contributed by atoms with Gasteiger partial charge in [-0.25, -0.2) is 4.72 Å². The first-order chi connectivity index (χ1) is 8.89. The lowest BCUT2D eigenvalue weighted by Crippen LogP contribution is -2.43. The second-order valence-electron chi connectivity index (χ2n) is 4.28. The van der Waals surface area contributed by atoms with Crippen molar-refractivity contribution in [2.24, 2.45) is 0 Å². The first-order valence-corrected chi connectivity index (χ1v) is 7.69. The molecule has 1 amide bonds. The van der Waals surface area contributed by atoms with Crippen molar-refractivity contribution in [3.63, 3.8) is 0 Å². The van der Waals surface area contributed by atoms with E-state index in [0.717, 1.165) is 11.1 Å². The second-order valence-corrected chi connectivity index (χ2v) is 5.95. The molecule has 0 saturated heterocycles. The third kappa shape index (κ3) is 4.65. The summed E-state index contributed by atoms with van der Waals surface area (Å²) in [6.45, 7) is 6.06. The zero-order valence-corrected chi connectivity index (χ0v) is 12.3. The van der Waals surface area contributed by atoms with Crippen molar-refractivity contribution >= 4 is 16.1 Å². The molecule has 1 N–H and O–H groups in total. The Morgan fingerprint density at radius 2 is 1.89 bits per heavy atom. The lowest BCUT2D eigenvalue weighted by atomic mass is 10.1. The standard InChI is InChI=1S/C13H20N2O3S/c1-4-15(5-2)19(17,18)14-13(16)10-12-8-6-7-11(3)9-12/h6-9H,4-5,10H2,1-3H3,(H,14,16). The molecule has 0 aliphatic carbocycles. The van der Waals surface area contributed by atoms with Crippen LogP contribution in [0.1, 0.15) is 25.0 Å². The van der Waals surface area contributed by atoms with Crippen LogP contribution in [-0.2, 0) is 21.4 Å². The molecule has 0 spiro atoms. The Labute approximate surface area is 114 Å². The molecule has 1 rings (SSSR count). The van der Waals surface area contributed by atoms with E-state index in [4.69, 9.17) is 0 Å². The molecule has 0 radical (unpaired) electrons. The van der Waals surface area contributed by atoms with E-state index < -0.39 is 16.1 Å². The van der Waals surface area contributed by atoms with Gasteiger partial charge in [0.2, 0.25) is 5.91 Å². The number of rotatable bonds is 6. The summed E-state index contributed by atoms with van der Waals surface area (Å²) in [5, 5.41) is 0. The first kappa shape index (κ1) is 15.7. The Bertz CT molecular complexity index is 537. The van der Waals surface area contributed by atoms with Gasteiger partial charge < -0.3 is 0 Å². The second kappa shape index (κ2) is 6.68. The van der Waals surface area contributed by atoms with Crippen molar-refractivity contribution in [1.82, 2.24) is 9.03 Å². The van der Waals surface area contributed by atoms with Gasteiger partial charge in [0.25, 0.3) is 0 Å². The van der Waals surface area contributed by atoms with Crippen LogP contribution in [0.25, 0.3) is 0 Å². The molecule has 106 valence electrons. The highest BCUT2D eigenvalue weighted by Crippen LogP contribution is 2.05. The van der Waals surface area contributed by atoms with E-state index in [1.165, 1.54) is 4.31 Å². The average molecular weight is 284 g/mol. The number of hydrogen-bond acceptors (Lipinski definition) is 3. The number of nitrogens with zero attached hydrogens (tertiary/aromatic N) is 1. The van der Waals surface area contributed by atoms with Crippen LogP contribution in [0.2, 0.25) is 0 Å². The fourth-order valence-corrected chi connectivity index (χ4v) is 2.98. The Hall–Kier alpha value is -1.40. The predicted octanol–water partition coefficient (Wildman–Crippen LogP) is 1.24. The number of carbonyl (C=O) groups is 1. The number of aryl methyl sites for hydroxylation is 1. The molecule has 5 nitrogen and oxygen atoms in total. The fraction of sp³-hybridized carbons (Fsp3) is 0.462. The Kier molecular flexibility index (Phi) is 5.50. The van der Waals surface area contributed by atoms with E-state index in [2.05, 4.69) is 4.72 Å². The van der Waals surface area contributed by atoms with Crippen LogP contribution >= 0.6 is 0 Å². The van der Waals surface area contributed by atoms with Gasteiger partial charge in [0.05, 0.1) is 6.42 Å². The zero-order chi connectivity index (χ0) is 14.5. The van der Waals surface area contributed by atoms with Gasteiger partial charge in [-0.3, -0.25) is 4.79 Å². The average Bonchev–Trinajstić information content (AvgIpc) is 2.28. The maximum atomic E-state index is 11.9. The van der Waals surface area contributed by atoms with Crippen molar-refractivity contribution in [3.8, 4) is 0 Å². The number of hydrogen-bond donors (Lipinski definition) is 1. The minimum Gasteiger partial charge on any atom is -0.274 e. The molecule has 1 aromatic carbocycles. The topological polar surface area (TPSA) is 66.5 Å². The van der Waals surface area contributed by atoms with E-state index in [1.807, 2.05) is 25.1 Å². The molecule has 0 unspecified atom stereocenters. The molecule has 6 heteroatoms. The van der Waals surface area contributed by atoms with Crippen LogP contribution in [0.5, 0.6) is 0 Å². The summed E-state index contributed by atoms with van der Waals surface area (Å²) in [4.78, 5) is 11.8. The lowest BCUT2D eigenvalue weighted by molar-refractivity contribution is -0.118. The zero-order valence-electron chi connectivity index (χ0n) is 11.5. The highest BCUT2D eigenvalue weighted by Gasteiger charge is 2.21. The normalized spacial score (nSPS) is 11.6. The number of carbonyl (C=O) groups excluding carboxylic acids is 1. The van der Waals surface area contributed by atoms with E-state index in [0.29, 0.717) is 13.1 Å². The van der Waals surface area contributed by atoms with E-state index >= 15 is 0 Å². The Morgan fingerprint density at radius 3 is 2.42 bits per heavy atom. The predicted molar refractivity (Wildman–Crippen MR) is 74.9 cm³/mol. The molecule has 0 aromatic heterocycles. The largest absolute Gasteiger partial charge is 0.303 e. The van der Waals surface area contributed by atoms with Crippen LogP contribution in [0.15, 0.2) is 24.3 Å². The maximum absolute atomic E-state index is 11.9. The Balaban J connectivity index is 2.70.